The van der Waals surface area contributed by atoms with Gasteiger partial charge in [0.15, 0.2) is 0 Å². The fraction of sp³-hybridized carbons (Fsp3) is 0.600. The van der Waals surface area contributed by atoms with Crippen LogP contribution in [0.15, 0.2) is 0 Å². The van der Waals surface area contributed by atoms with E-state index in [0.29, 0.717) is 0 Å². The lowest BCUT2D eigenvalue weighted by atomic mass is 10.7. The normalized spacial score (nSPS) is 9.20. The minimum absolute atomic E-state index is 0.109. The lowest BCUT2D eigenvalue weighted by Gasteiger charge is -2.14. The molecule has 0 aromatic heterocycles. The van der Waals surface area contributed by atoms with Gasteiger partial charge in [-0.2, -0.15) is 0 Å². The standard InChI is InChI=1S/C5H13N5/c1-4(6)8-5(7)9-10(2)3/h1-3H3,(H4,6,7,8,9). The van der Waals surface area contributed by atoms with Crippen molar-refractivity contribution in [2.75, 3.05) is 14.1 Å². The maximum Gasteiger partial charge on any atom is 0.208 e. The van der Waals surface area contributed by atoms with Crippen molar-refractivity contribution in [3.05, 3.63) is 0 Å². The third-order valence-corrected chi connectivity index (χ3v) is 0.648. The molecule has 0 aliphatic carbocycles. The zero-order chi connectivity index (χ0) is 8.15. The van der Waals surface area contributed by atoms with Crippen molar-refractivity contribution in [3.8, 4) is 0 Å². The van der Waals surface area contributed by atoms with Crippen molar-refractivity contribution in [2.45, 2.75) is 6.92 Å². The molecular weight excluding hydrogens is 130 g/mol. The molecule has 0 saturated heterocycles. The number of nitrogens with one attached hydrogen (secondary N) is 4. The molecule has 0 unspecified atom stereocenters. The summed E-state index contributed by atoms with van der Waals surface area (Å²) in [7, 11) is 3.55. The molecule has 10 heavy (non-hydrogen) atoms. The van der Waals surface area contributed by atoms with Gasteiger partial charge in [-0.1, -0.05) is 0 Å². The van der Waals surface area contributed by atoms with Crippen molar-refractivity contribution in [3.63, 3.8) is 0 Å². The monoisotopic (exact) mass is 143 g/mol. The smallest absolute Gasteiger partial charge is 0.208 e. The fourth-order valence-electron chi connectivity index (χ4n) is 0.439. The Morgan fingerprint density at radius 1 is 1.30 bits per heavy atom. The summed E-state index contributed by atoms with van der Waals surface area (Å²) in [6, 6.07) is 0. The highest BCUT2D eigenvalue weighted by Gasteiger charge is 1.94. The van der Waals surface area contributed by atoms with E-state index in [1.54, 1.807) is 26.0 Å². The van der Waals surface area contributed by atoms with Crippen LogP contribution in [0.3, 0.4) is 0 Å². The van der Waals surface area contributed by atoms with Crippen molar-refractivity contribution < 1.29 is 0 Å². The molecule has 0 aliphatic rings. The average molecular weight is 143 g/mol. The van der Waals surface area contributed by atoms with Crippen LogP contribution >= 0.6 is 0 Å². The number of guanidine groups is 1. The lowest BCUT2D eigenvalue weighted by molar-refractivity contribution is 0.357. The Kier molecular flexibility index (Phi) is 3.42. The maximum atomic E-state index is 7.14. The first-order valence-corrected chi connectivity index (χ1v) is 2.87. The van der Waals surface area contributed by atoms with E-state index in [1.165, 1.54) is 0 Å². The number of rotatable bonds is 1. The summed E-state index contributed by atoms with van der Waals surface area (Å²) in [4.78, 5) is 0. The quantitative estimate of drug-likeness (QED) is 0.229. The average Bonchev–Trinajstić information content (AvgIpc) is 1.58. The first-order chi connectivity index (χ1) is 4.52. The van der Waals surface area contributed by atoms with Crippen LogP contribution in [-0.4, -0.2) is 30.9 Å². The van der Waals surface area contributed by atoms with Crippen molar-refractivity contribution in [2.24, 2.45) is 0 Å². The number of amidine groups is 1. The second kappa shape index (κ2) is 3.84. The Morgan fingerprint density at radius 3 is 2.10 bits per heavy atom. The molecule has 0 aromatic carbocycles. The molecule has 0 radical (unpaired) electrons. The lowest BCUT2D eigenvalue weighted by Crippen LogP contribution is -2.45. The first-order valence-electron chi connectivity index (χ1n) is 2.87. The SMILES string of the molecule is CC(=N)NC(=N)NN(C)C. The van der Waals surface area contributed by atoms with Gasteiger partial charge >= 0.3 is 0 Å². The van der Waals surface area contributed by atoms with E-state index in [-0.39, 0.29) is 11.8 Å². The van der Waals surface area contributed by atoms with Crippen LogP contribution in [0.5, 0.6) is 0 Å². The Hall–Kier alpha value is -1.10. The minimum Gasteiger partial charge on any atom is -0.314 e. The summed E-state index contributed by atoms with van der Waals surface area (Å²) in [6.07, 6.45) is 0. The molecule has 0 amide bonds. The van der Waals surface area contributed by atoms with E-state index in [0.717, 1.165) is 0 Å². The second-order valence-electron chi connectivity index (χ2n) is 2.13. The molecule has 0 saturated carbocycles. The molecule has 0 spiro atoms. The van der Waals surface area contributed by atoms with Crippen LogP contribution in [0.25, 0.3) is 0 Å². The second-order valence-corrected chi connectivity index (χ2v) is 2.13. The molecule has 0 atom stereocenters. The van der Waals surface area contributed by atoms with E-state index in [4.69, 9.17) is 10.8 Å². The van der Waals surface area contributed by atoms with E-state index >= 15 is 0 Å². The summed E-state index contributed by atoms with van der Waals surface area (Å²) in [6.45, 7) is 1.58. The zero-order valence-electron chi connectivity index (χ0n) is 6.45. The summed E-state index contributed by atoms with van der Waals surface area (Å²) < 4.78 is 0. The van der Waals surface area contributed by atoms with Crippen molar-refractivity contribution >= 4 is 11.8 Å². The summed E-state index contributed by atoms with van der Waals surface area (Å²) >= 11 is 0. The van der Waals surface area contributed by atoms with Gasteiger partial charge < -0.3 is 5.32 Å². The third-order valence-electron chi connectivity index (χ3n) is 0.648. The Balaban J connectivity index is 3.54. The van der Waals surface area contributed by atoms with E-state index in [9.17, 15) is 0 Å². The largest absolute Gasteiger partial charge is 0.314 e. The van der Waals surface area contributed by atoms with E-state index in [2.05, 4.69) is 10.7 Å². The van der Waals surface area contributed by atoms with E-state index in [1.807, 2.05) is 0 Å². The Bertz CT molecular complexity index is 139. The van der Waals surface area contributed by atoms with Gasteiger partial charge in [-0.25, -0.2) is 5.01 Å². The predicted octanol–water partition coefficient (Wildman–Crippen LogP) is -0.426. The molecule has 0 bridgehead atoms. The summed E-state index contributed by atoms with van der Waals surface area (Å²) in [5, 5.41) is 18.2. The predicted molar refractivity (Wildman–Crippen MR) is 41.1 cm³/mol. The van der Waals surface area contributed by atoms with Crippen LogP contribution in [-0.2, 0) is 0 Å². The molecule has 0 aromatic rings. The molecule has 5 heteroatoms. The van der Waals surface area contributed by atoms with Crippen LogP contribution in [0.4, 0.5) is 0 Å². The van der Waals surface area contributed by atoms with Gasteiger partial charge in [0.25, 0.3) is 0 Å². The van der Waals surface area contributed by atoms with Gasteiger partial charge in [0.2, 0.25) is 5.96 Å². The minimum atomic E-state index is 0.109. The molecular formula is C5H13N5. The summed E-state index contributed by atoms with van der Waals surface area (Å²) in [5.41, 5.74) is 2.64. The first kappa shape index (κ1) is 8.90. The molecule has 0 fully saturated rings. The highest BCUT2D eigenvalue weighted by Crippen LogP contribution is 1.65. The van der Waals surface area contributed by atoms with Crippen molar-refractivity contribution in [1.29, 1.82) is 10.8 Å². The zero-order valence-corrected chi connectivity index (χ0v) is 6.45. The molecule has 5 nitrogen and oxygen atoms in total. The Labute approximate surface area is 60.4 Å². The number of hydrogen-bond acceptors (Lipinski definition) is 3. The van der Waals surface area contributed by atoms with Gasteiger partial charge in [-0.15, -0.1) is 0 Å². The van der Waals surface area contributed by atoms with Gasteiger partial charge in [0.05, 0.1) is 5.84 Å². The Morgan fingerprint density at radius 2 is 1.80 bits per heavy atom. The molecule has 0 aliphatic heterocycles. The number of hydrogen-bond donors (Lipinski definition) is 4. The third kappa shape index (κ3) is 5.04. The maximum absolute atomic E-state index is 7.14. The van der Waals surface area contributed by atoms with Gasteiger partial charge in [-0.3, -0.25) is 16.2 Å². The van der Waals surface area contributed by atoms with Crippen LogP contribution in [0, 0.1) is 10.8 Å². The highest BCUT2D eigenvalue weighted by atomic mass is 15.5. The van der Waals surface area contributed by atoms with Crippen LogP contribution < -0.4 is 10.7 Å². The topological polar surface area (TPSA) is 75.0 Å². The summed E-state index contributed by atoms with van der Waals surface area (Å²) in [5.74, 6) is 0.358. The highest BCUT2D eigenvalue weighted by molar-refractivity contribution is 5.95. The van der Waals surface area contributed by atoms with Crippen LogP contribution in [0.1, 0.15) is 6.92 Å². The van der Waals surface area contributed by atoms with Crippen LogP contribution in [0.2, 0.25) is 0 Å². The van der Waals surface area contributed by atoms with Gasteiger partial charge in [-0.05, 0) is 6.92 Å². The molecule has 58 valence electrons. The number of nitrogens with zero attached hydrogens (tertiary/aromatic N) is 1. The number of hydrazine groups is 1. The molecule has 4 N–H and O–H groups in total. The van der Waals surface area contributed by atoms with Gasteiger partial charge in [0.1, 0.15) is 0 Å². The van der Waals surface area contributed by atoms with Crippen molar-refractivity contribution in [1.82, 2.24) is 15.8 Å². The van der Waals surface area contributed by atoms with Gasteiger partial charge in [0, 0.05) is 14.1 Å². The molecule has 0 rings (SSSR count). The fourth-order valence-corrected chi connectivity index (χ4v) is 0.439. The van der Waals surface area contributed by atoms with E-state index < -0.39 is 0 Å². The molecule has 0 heterocycles.